The lowest BCUT2D eigenvalue weighted by Crippen LogP contribution is -2.18. The Hall–Kier alpha value is -2.19. The summed E-state index contributed by atoms with van der Waals surface area (Å²) in [4.78, 5) is 0. The van der Waals surface area contributed by atoms with Gasteiger partial charge in [-0.1, -0.05) is 18.1 Å². The van der Waals surface area contributed by atoms with Gasteiger partial charge in [-0.2, -0.15) is 0 Å². The van der Waals surface area contributed by atoms with Gasteiger partial charge in [0, 0.05) is 6.04 Å². The van der Waals surface area contributed by atoms with Crippen molar-refractivity contribution in [3.63, 3.8) is 0 Å². The predicted molar refractivity (Wildman–Crippen MR) is 69.0 cm³/mol. The molecule has 0 amide bonds. The van der Waals surface area contributed by atoms with Gasteiger partial charge in [0.15, 0.2) is 0 Å². The summed E-state index contributed by atoms with van der Waals surface area (Å²) in [5.74, 6) is 5.86. The van der Waals surface area contributed by atoms with Crippen molar-refractivity contribution in [2.24, 2.45) is 0 Å². The molecule has 18 heavy (non-hydrogen) atoms. The van der Waals surface area contributed by atoms with Crippen LogP contribution in [0.3, 0.4) is 0 Å². The van der Waals surface area contributed by atoms with E-state index in [0.717, 1.165) is 5.69 Å². The first-order valence-corrected chi connectivity index (χ1v) is 5.77. The third-order valence-electron chi connectivity index (χ3n) is 2.66. The molecule has 1 atom stereocenters. The number of tetrazole rings is 1. The van der Waals surface area contributed by atoms with Gasteiger partial charge < -0.3 is 0 Å². The van der Waals surface area contributed by atoms with Gasteiger partial charge in [-0.05, 0) is 42.0 Å². The predicted octanol–water partition coefficient (Wildman–Crippen LogP) is 1.34. The lowest BCUT2D eigenvalue weighted by molar-refractivity contribution is 0.622. The van der Waals surface area contributed by atoms with Crippen molar-refractivity contribution in [3.05, 3.63) is 36.2 Å². The molecule has 0 aliphatic carbocycles. The summed E-state index contributed by atoms with van der Waals surface area (Å²) < 4.78 is 1.64. The smallest absolute Gasteiger partial charge is 0.143 e. The zero-order valence-corrected chi connectivity index (χ0v) is 10.5. The third kappa shape index (κ3) is 2.93. The van der Waals surface area contributed by atoms with Gasteiger partial charge in [0.1, 0.15) is 6.33 Å². The number of nitrogens with zero attached hydrogens (tertiary/aromatic N) is 4. The Kier molecular flexibility index (Phi) is 4.05. The summed E-state index contributed by atoms with van der Waals surface area (Å²) in [6.07, 6.45) is 1.58. The average molecular weight is 241 g/mol. The Bertz CT molecular complexity index is 550. The fourth-order valence-electron chi connectivity index (χ4n) is 1.63. The molecular formula is C13H15N5. The minimum Gasteiger partial charge on any atom is -0.300 e. The zero-order valence-electron chi connectivity index (χ0n) is 10.5. The summed E-state index contributed by atoms with van der Waals surface area (Å²) in [6, 6.07) is 8.34. The molecule has 0 bridgehead atoms. The second-order valence-corrected chi connectivity index (χ2v) is 3.88. The lowest BCUT2D eigenvalue weighted by atomic mass is 10.1. The number of hydrogen-bond acceptors (Lipinski definition) is 4. The van der Waals surface area contributed by atoms with Crippen molar-refractivity contribution >= 4 is 0 Å². The molecule has 1 aromatic heterocycles. The van der Waals surface area contributed by atoms with E-state index in [1.54, 1.807) is 11.0 Å². The largest absolute Gasteiger partial charge is 0.300 e. The number of benzene rings is 1. The van der Waals surface area contributed by atoms with Crippen LogP contribution in [0.2, 0.25) is 0 Å². The van der Waals surface area contributed by atoms with Gasteiger partial charge in [-0.15, -0.1) is 11.0 Å². The first kappa shape index (κ1) is 12.3. The molecule has 0 fully saturated rings. The van der Waals surface area contributed by atoms with E-state index in [1.165, 1.54) is 5.56 Å². The fraction of sp³-hybridized carbons (Fsp3) is 0.308. The van der Waals surface area contributed by atoms with Crippen LogP contribution < -0.4 is 5.32 Å². The summed E-state index contributed by atoms with van der Waals surface area (Å²) in [6.45, 7) is 4.63. The Balaban J connectivity index is 2.13. The van der Waals surface area contributed by atoms with Crippen LogP contribution in [-0.2, 0) is 0 Å². The van der Waals surface area contributed by atoms with Crippen molar-refractivity contribution in [2.45, 2.75) is 19.9 Å². The number of aromatic nitrogens is 4. The Morgan fingerprint density at radius 2 is 2.33 bits per heavy atom. The Morgan fingerprint density at radius 1 is 1.44 bits per heavy atom. The molecule has 0 saturated carbocycles. The quantitative estimate of drug-likeness (QED) is 0.821. The fourth-order valence-corrected chi connectivity index (χ4v) is 1.63. The molecule has 1 N–H and O–H groups in total. The van der Waals surface area contributed by atoms with E-state index in [2.05, 4.69) is 51.7 Å². The maximum atomic E-state index is 3.88. The molecule has 0 saturated heterocycles. The van der Waals surface area contributed by atoms with Gasteiger partial charge in [0.25, 0.3) is 0 Å². The Labute approximate surface area is 106 Å². The normalized spacial score (nSPS) is 11.7. The molecule has 0 radical (unpaired) electrons. The highest BCUT2D eigenvalue weighted by Gasteiger charge is 2.05. The molecule has 2 aromatic rings. The van der Waals surface area contributed by atoms with Crippen molar-refractivity contribution in [3.8, 4) is 17.5 Å². The minimum atomic E-state index is 0.238. The molecule has 92 valence electrons. The molecule has 5 nitrogen and oxygen atoms in total. The molecular weight excluding hydrogens is 226 g/mol. The van der Waals surface area contributed by atoms with Crippen LogP contribution in [0, 0.1) is 11.8 Å². The van der Waals surface area contributed by atoms with E-state index >= 15 is 0 Å². The molecule has 0 aliphatic heterocycles. The van der Waals surface area contributed by atoms with Gasteiger partial charge in [0.2, 0.25) is 0 Å². The van der Waals surface area contributed by atoms with Crippen LogP contribution in [0.5, 0.6) is 0 Å². The van der Waals surface area contributed by atoms with Crippen molar-refractivity contribution < 1.29 is 0 Å². The van der Waals surface area contributed by atoms with E-state index in [1.807, 2.05) is 19.1 Å². The van der Waals surface area contributed by atoms with E-state index in [0.29, 0.717) is 6.54 Å². The van der Waals surface area contributed by atoms with Gasteiger partial charge >= 0.3 is 0 Å². The van der Waals surface area contributed by atoms with Gasteiger partial charge in [-0.3, -0.25) is 5.32 Å². The van der Waals surface area contributed by atoms with Crippen molar-refractivity contribution in [1.82, 2.24) is 25.5 Å². The van der Waals surface area contributed by atoms with E-state index in [9.17, 15) is 0 Å². The maximum Gasteiger partial charge on any atom is 0.143 e. The third-order valence-corrected chi connectivity index (χ3v) is 2.66. The molecule has 0 aliphatic rings. The standard InChI is InChI=1S/C13H15N5/c1-3-4-8-14-11(2)12-6-5-7-13(9-12)18-10-15-16-17-18/h5-7,9-11,14H,8H2,1-2H3. The maximum absolute atomic E-state index is 3.88. The minimum absolute atomic E-state index is 0.238. The van der Waals surface area contributed by atoms with E-state index in [4.69, 9.17) is 0 Å². The van der Waals surface area contributed by atoms with Crippen LogP contribution in [0.15, 0.2) is 30.6 Å². The summed E-state index contributed by atoms with van der Waals surface area (Å²) in [5.41, 5.74) is 2.13. The molecule has 2 rings (SSSR count). The highest BCUT2D eigenvalue weighted by molar-refractivity contribution is 5.35. The van der Waals surface area contributed by atoms with Gasteiger partial charge in [0.05, 0.1) is 12.2 Å². The second kappa shape index (κ2) is 5.94. The topological polar surface area (TPSA) is 55.6 Å². The SMILES string of the molecule is CC#CCNC(C)c1cccc(-n2cnnn2)c1. The highest BCUT2D eigenvalue weighted by atomic mass is 15.5. The number of nitrogens with one attached hydrogen (secondary N) is 1. The molecule has 1 aromatic carbocycles. The van der Waals surface area contributed by atoms with Crippen LogP contribution in [0.4, 0.5) is 0 Å². The van der Waals surface area contributed by atoms with Crippen molar-refractivity contribution in [1.29, 1.82) is 0 Å². The van der Waals surface area contributed by atoms with E-state index in [-0.39, 0.29) is 6.04 Å². The van der Waals surface area contributed by atoms with Crippen LogP contribution in [0.1, 0.15) is 25.5 Å². The zero-order chi connectivity index (χ0) is 12.8. The van der Waals surface area contributed by atoms with Gasteiger partial charge in [-0.25, -0.2) is 4.68 Å². The van der Waals surface area contributed by atoms with Crippen molar-refractivity contribution in [2.75, 3.05) is 6.54 Å². The van der Waals surface area contributed by atoms with Crippen LogP contribution in [0.25, 0.3) is 5.69 Å². The first-order chi connectivity index (χ1) is 8.81. The highest BCUT2D eigenvalue weighted by Crippen LogP contribution is 2.15. The molecule has 1 unspecified atom stereocenters. The first-order valence-electron chi connectivity index (χ1n) is 5.77. The number of rotatable bonds is 4. The van der Waals surface area contributed by atoms with Crippen LogP contribution >= 0.6 is 0 Å². The average Bonchev–Trinajstić information content (AvgIpc) is 2.93. The second-order valence-electron chi connectivity index (χ2n) is 3.88. The molecule has 1 heterocycles. The number of hydrogen-bond donors (Lipinski definition) is 1. The molecule has 0 spiro atoms. The van der Waals surface area contributed by atoms with E-state index < -0.39 is 0 Å². The lowest BCUT2D eigenvalue weighted by Gasteiger charge is -2.13. The summed E-state index contributed by atoms with van der Waals surface area (Å²) in [5, 5.41) is 14.5. The molecule has 5 heteroatoms. The summed E-state index contributed by atoms with van der Waals surface area (Å²) in [7, 11) is 0. The summed E-state index contributed by atoms with van der Waals surface area (Å²) >= 11 is 0. The van der Waals surface area contributed by atoms with Crippen LogP contribution in [-0.4, -0.2) is 26.8 Å². The Morgan fingerprint density at radius 3 is 3.06 bits per heavy atom. The monoisotopic (exact) mass is 241 g/mol.